The normalized spacial score (nSPS) is 11.0. The third-order valence-electron chi connectivity index (χ3n) is 3.50. The minimum Gasteiger partial charge on any atom is -0.493 e. The first-order valence-corrected chi connectivity index (χ1v) is 8.80. The first-order chi connectivity index (χ1) is 11.2. The van der Waals surface area contributed by atoms with Crippen LogP contribution in [0.3, 0.4) is 0 Å². The van der Waals surface area contributed by atoms with Gasteiger partial charge < -0.3 is 15.8 Å². The lowest BCUT2D eigenvalue weighted by Gasteiger charge is -2.11. The van der Waals surface area contributed by atoms with Crippen molar-refractivity contribution < 1.29 is 4.74 Å². The van der Waals surface area contributed by atoms with E-state index in [1.165, 1.54) is 16.0 Å². The van der Waals surface area contributed by atoms with Crippen LogP contribution < -0.4 is 15.8 Å². The van der Waals surface area contributed by atoms with Crippen LogP contribution in [0, 0.1) is 13.8 Å². The Labute approximate surface area is 165 Å². The van der Waals surface area contributed by atoms with Gasteiger partial charge in [-0.3, -0.25) is 4.99 Å². The number of nitrogens with one attached hydrogen (secondary N) is 1. The minimum absolute atomic E-state index is 0. The number of hydrogen-bond acceptors (Lipinski definition) is 3. The SMILES string of the molecule is Cc1cccc(C)c1OCCCN=C(N)NCCc1cccs1.I. The van der Waals surface area contributed by atoms with Gasteiger partial charge in [0, 0.05) is 24.4 Å². The van der Waals surface area contributed by atoms with E-state index in [-0.39, 0.29) is 24.0 Å². The van der Waals surface area contributed by atoms with Crippen LogP contribution in [0.2, 0.25) is 0 Å². The smallest absolute Gasteiger partial charge is 0.188 e. The van der Waals surface area contributed by atoms with Crippen LogP contribution in [0.25, 0.3) is 0 Å². The molecule has 4 nitrogen and oxygen atoms in total. The van der Waals surface area contributed by atoms with Gasteiger partial charge in [0.1, 0.15) is 5.75 Å². The molecule has 0 bridgehead atoms. The number of guanidine groups is 1. The number of benzene rings is 1. The Morgan fingerprint density at radius 1 is 1.21 bits per heavy atom. The van der Waals surface area contributed by atoms with Gasteiger partial charge in [-0.2, -0.15) is 0 Å². The summed E-state index contributed by atoms with van der Waals surface area (Å²) in [5.74, 6) is 1.49. The van der Waals surface area contributed by atoms with Crippen LogP contribution in [0.4, 0.5) is 0 Å². The molecule has 0 aliphatic carbocycles. The zero-order valence-electron chi connectivity index (χ0n) is 14.2. The number of nitrogens with two attached hydrogens (primary N) is 1. The van der Waals surface area contributed by atoms with Crippen molar-refractivity contribution in [3.8, 4) is 5.75 Å². The van der Waals surface area contributed by atoms with Crippen LogP contribution in [0.1, 0.15) is 22.4 Å². The molecule has 6 heteroatoms. The van der Waals surface area contributed by atoms with Gasteiger partial charge in [0.25, 0.3) is 0 Å². The second-order valence-corrected chi connectivity index (χ2v) is 6.48. The maximum Gasteiger partial charge on any atom is 0.188 e. The van der Waals surface area contributed by atoms with Crippen LogP contribution in [0.5, 0.6) is 5.75 Å². The van der Waals surface area contributed by atoms with Crippen molar-refractivity contribution >= 4 is 41.3 Å². The van der Waals surface area contributed by atoms with E-state index in [1.54, 1.807) is 11.3 Å². The van der Waals surface area contributed by atoms with E-state index in [4.69, 9.17) is 10.5 Å². The molecule has 0 aliphatic rings. The number of aryl methyl sites for hydroxylation is 2. The maximum atomic E-state index is 5.86. The summed E-state index contributed by atoms with van der Waals surface area (Å²) < 4.78 is 5.85. The van der Waals surface area contributed by atoms with E-state index in [0.29, 0.717) is 19.1 Å². The molecule has 1 aromatic carbocycles. The first kappa shape index (κ1) is 20.8. The van der Waals surface area contributed by atoms with Gasteiger partial charge in [-0.05, 0) is 42.8 Å². The lowest BCUT2D eigenvalue weighted by atomic mass is 10.1. The molecule has 0 amide bonds. The van der Waals surface area contributed by atoms with Gasteiger partial charge in [0.15, 0.2) is 5.96 Å². The summed E-state index contributed by atoms with van der Waals surface area (Å²) in [4.78, 5) is 5.68. The highest BCUT2D eigenvalue weighted by atomic mass is 127. The number of nitrogens with zero attached hydrogens (tertiary/aromatic N) is 1. The van der Waals surface area contributed by atoms with Crippen molar-refractivity contribution in [3.63, 3.8) is 0 Å². The predicted molar refractivity (Wildman–Crippen MR) is 114 cm³/mol. The molecule has 1 heterocycles. The van der Waals surface area contributed by atoms with Gasteiger partial charge in [-0.1, -0.05) is 24.3 Å². The zero-order chi connectivity index (χ0) is 16.5. The molecule has 0 fully saturated rings. The molecule has 132 valence electrons. The molecule has 0 radical (unpaired) electrons. The second-order valence-electron chi connectivity index (χ2n) is 5.45. The molecule has 0 unspecified atom stereocenters. The number of thiophene rings is 1. The summed E-state index contributed by atoms with van der Waals surface area (Å²) in [6.45, 7) is 6.27. The summed E-state index contributed by atoms with van der Waals surface area (Å²) in [5.41, 5.74) is 8.20. The molecule has 0 spiro atoms. The Morgan fingerprint density at radius 3 is 2.62 bits per heavy atom. The molecule has 2 aromatic rings. The predicted octanol–water partition coefficient (Wildman–Crippen LogP) is 3.90. The fourth-order valence-electron chi connectivity index (χ4n) is 2.29. The highest BCUT2D eigenvalue weighted by Gasteiger charge is 2.02. The summed E-state index contributed by atoms with van der Waals surface area (Å²) >= 11 is 1.76. The summed E-state index contributed by atoms with van der Waals surface area (Å²) in [6, 6.07) is 10.4. The lowest BCUT2D eigenvalue weighted by molar-refractivity contribution is 0.309. The van der Waals surface area contributed by atoms with Crippen LogP contribution in [-0.4, -0.2) is 25.7 Å². The Morgan fingerprint density at radius 2 is 1.96 bits per heavy atom. The first-order valence-electron chi connectivity index (χ1n) is 7.92. The van der Waals surface area contributed by atoms with Crippen LogP contribution in [0.15, 0.2) is 40.7 Å². The quantitative estimate of drug-likeness (QED) is 0.273. The topological polar surface area (TPSA) is 59.6 Å². The molecule has 3 N–H and O–H groups in total. The monoisotopic (exact) mass is 459 g/mol. The fraction of sp³-hybridized carbons (Fsp3) is 0.389. The van der Waals surface area contributed by atoms with Gasteiger partial charge in [-0.25, -0.2) is 0 Å². The average Bonchev–Trinajstić information content (AvgIpc) is 3.03. The summed E-state index contributed by atoms with van der Waals surface area (Å²) in [5, 5.41) is 5.23. The third kappa shape index (κ3) is 7.09. The van der Waals surface area contributed by atoms with Gasteiger partial charge in [0.2, 0.25) is 0 Å². The van der Waals surface area contributed by atoms with E-state index < -0.39 is 0 Å². The fourth-order valence-corrected chi connectivity index (χ4v) is 3.00. The number of ether oxygens (including phenoxy) is 1. The van der Waals surface area contributed by atoms with E-state index >= 15 is 0 Å². The molecular formula is C18H26IN3OS. The molecule has 2 rings (SSSR count). The molecule has 0 saturated carbocycles. The number of hydrogen-bond donors (Lipinski definition) is 2. The number of para-hydroxylation sites is 1. The van der Waals surface area contributed by atoms with Gasteiger partial charge in [0.05, 0.1) is 6.61 Å². The van der Waals surface area contributed by atoms with Crippen molar-refractivity contribution in [2.45, 2.75) is 26.7 Å². The Hall–Kier alpha value is -1.28. The van der Waals surface area contributed by atoms with Crippen molar-refractivity contribution in [1.82, 2.24) is 5.32 Å². The van der Waals surface area contributed by atoms with E-state index in [0.717, 1.165) is 25.1 Å². The molecule has 24 heavy (non-hydrogen) atoms. The largest absolute Gasteiger partial charge is 0.493 e. The van der Waals surface area contributed by atoms with Crippen molar-refractivity contribution in [2.24, 2.45) is 10.7 Å². The summed E-state index contributed by atoms with van der Waals surface area (Å²) in [6.07, 6.45) is 1.82. The summed E-state index contributed by atoms with van der Waals surface area (Å²) in [7, 11) is 0. The Balaban J connectivity index is 0.00000288. The third-order valence-corrected chi connectivity index (χ3v) is 4.43. The second kappa shape index (κ2) is 11.3. The molecular weight excluding hydrogens is 433 g/mol. The highest BCUT2D eigenvalue weighted by molar-refractivity contribution is 14.0. The number of rotatable bonds is 8. The number of halogens is 1. The van der Waals surface area contributed by atoms with E-state index in [1.807, 2.05) is 6.07 Å². The van der Waals surface area contributed by atoms with Gasteiger partial charge in [-0.15, -0.1) is 35.3 Å². The van der Waals surface area contributed by atoms with Gasteiger partial charge >= 0.3 is 0 Å². The molecule has 0 atom stereocenters. The standard InChI is InChI=1S/C18H25N3OS.HI/c1-14-6-3-7-15(2)17(14)22-12-5-10-20-18(19)21-11-9-16-8-4-13-23-16;/h3-4,6-8,13H,5,9-12H2,1-2H3,(H3,19,20,21);1H. The molecule has 1 aromatic heterocycles. The van der Waals surface area contributed by atoms with Crippen LogP contribution >= 0.6 is 35.3 Å². The molecule has 0 saturated heterocycles. The van der Waals surface area contributed by atoms with Crippen molar-refractivity contribution in [2.75, 3.05) is 19.7 Å². The number of aliphatic imine (C=N–C) groups is 1. The van der Waals surface area contributed by atoms with Crippen LogP contribution in [-0.2, 0) is 6.42 Å². The zero-order valence-corrected chi connectivity index (χ0v) is 17.4. The molecule has 0 aliphatic heterocycles. The Kier molecular flexibility index (Phi) is 9.78. The average molecular weight is 459 g/mol. The minimum atomic E-state index is 0. The Bertz CT molecular complexity index is 609. The lowest BCUT2D eigenvalue weighted by Crippen LogP contribution is -2.33. The van der Waals surface area contributed by atoms with E-state index in [9.17, 15) is 0 Å². The maximum absolute atomic E-state index is 5.86. The van der Waals surface area contributed by atoms with Crippen molar-refractivity contribution in [1.29, 1.82) is 0 Å². The highest BCUT2D eigenvalue weighted by Crippen LogP contribution is 2.22. The van der Waals surface area contributed by atoms with E-state index in [2.05, 4.69) is 53.8 Å². The van der Waals surface area contributed by atoms with Crippen molar-refractivity contribution in [3.05, 3.63) is 51.7 Å².